The molecule has 4 nitrogen and oxygen atoms in total. The van der Waals surface area contributed by atoms with Crippen molar-refractivity contribution < 1.29 is 9.53 Å². The molecule has 0 unspecified atom stereocenters. The summed E-state index contributed by atoms with van der Waals surface area (Å²) in [6.07, 6.45) is 0.451. The molecule has 1 amide bonds. The molecule has 20 heavy (non-hydrogen) atoms. The van der Waals surface area contributed by atoms with E-state index in [4.69, 9.17) is 22.1 Å². The fraction of sp³-hybridized carbons (Fsp3) is 0.533. The Balaban J connectivity index is 2.16. The van der Waals surface area contributed by atoms with E-state index in [1.807, 2.05) is 43.0 Å². The number of benzene rings is 1. The van der Waals surface area contributed by atoms with E-state index in [1.54, 1.807) is 0 Å². The van der Waals surface area contributed by atoms with Crippen molar-refractivity contribution in [3.63, 3.8) is 0 Å². The molecule has 1 aromatic carbocycles. The average Bonchev–Trinajstić information content (AvgIpc) is 2.47. The Bertz CT molecular complexity index is 481. The predicted molar refractivity (Wildman–Crippen MR) is 79.6 cm³/mol. The maximum absolute atomic E-state index is 12.3. The van der Waals surface area contributed by atoms with Gasteiger partial charge in [-0.1, -0.05) is 36.7 Å². The molecular formula is C15H21ClN2O2. The number of rotatable bonds is 3. The lowest BCUT2D eigenvalue weighted by Gasteiger charge is -2.39. The van der Waals surface area contributed by atoms with E-state index in [-0.39, 0.29) is 18.1 Å². The summed E-state index contributed by atoms with van der Waals surface area (Å²) in [4.78, 5) is 14.1. The van der Waals surface area contributed by atoms with Gasteiger partial charge in [0.25, 0.3) is 0 Å². The van der Waals surface area contributed by atoms with E-state index >= 15 is 0 Å². The van der Waals surface area contributed by atoms with Gasteiger partial charge in [-0.25, -0.2) is 0 Å². The van der Waals surface area contributed by atoms with E-state index in [0.29, 0.717) is 24.6 Å². The normalized spacial score (nSPS) is 24.5. The third-order valence-corrected chi connectivity index (χ3v) is 4.07. The van der Waals surface area contributed by atoms with Crippen LogP contribution in [0.25, 0.3) is 0 Å². The Morgan fingerprint density at radius 3 is 2.90 bits per heavy atom. The Hall–Kier alpha value is -1.10. The number of carbonyl (C=O) groups is 1. The highest BCUT2D eigenvalue weighted by Gasteiger charge is 2.32. The van der Waals surface area contributed by atoms with E-state index < -0.39 is 6.04 Å². The van der Waals surface area contributed by atoms with Gasteiger partial charge in [0, 0.05) is 10.6 Å². The first-order valence-electron chi connectivity index (χ1n) is 6.96. The van der Waals surface area contributed by atoms with Crippen LogP contribution in [-0.4, -0.2) is 36.0 Å². The number of halogens is 1. The summed E-state index contributed by atoms with van der Waals surface area (Å²) in [6, 6.07) is 7.18. The lowest BCUT2D eigenvalue weighted by Crippen LogP contribution is -2.53. The molecule has 2 N–H and O–H groups in total. The van der Waals surface area contributed by atoms with Crippen molar-refractivity contribution >= 4 is 17.5 Å². The molecule has 1 aliphatic heterocycles. The summed E-state index contributed by atoms with van der Waals surface area (Å²) in [5, 5.41) is 0.666. The highest BCUT2D eigenvalue weighted by atomic mass is 35.5. The van der Waals surface area contributed by atoms with E-state index in [2.05, 4.69) is 0 Å². The highest BCUT2D eigenvalue weighted by Crippen LogP contribution is 2.30. The molecule has 0 saturated carbocycles. The Labute approximate surface area is 124 Å². The summed E-state index contributed by atoms with van der Waals surface area (Å²) in [5.41, 5.74) is 6.79. The van der Waals surface area contributed by atoms with Crippen LogP contribution in [0.3, 0.4) is 0 Å². The van der Waals surface area contributed by atoms with Crippen LogP contribution in [0.2, 0.25) is 5.02 Å². The molecule has 0 aromatic heterocycles. The van der Waals surface area contributed by atoms with E-state index in [1.165, 1.54) is 0 Å². The first-order valence-corrected chi connectivity index (χ1v) is 7.34. The maximum Gasteiger partial charge on any atom is 0.239 e. The van der Waals surface area contributed by atoms with Gasteiger partial charge in [0.1, 0.15) is 6.10 Å². The standard InChI is InChI=1S/C15H21ClN2O2/c1-3-13(17)15(19)18-8-14(20-9-10(18)2)11-6-4-5-7-12(11)16/h4-7,10,13-14H,3,8-9,17H2,1-2H3/t10-,13-,14-/m0/s1. The average molecular weight is 297 g/mol. The molecular weight excluding hydrogens is 276 g/mol. The summed E-state index contributed by atoms with van der Waals surface area (Å²) < 4.78 is 5.83. The molecule has 110 valence electrons. The molecule has 1 saturated heterocycles. The van der Waals surface area contributed by atoms with Gasteiger partial charge in [-0.2, -0.15) is 0 Å². The third-order valence-electron chi connectivity index (χ3n) is 3.73. The van der Waals surface area contributed by atoms with Crippen LogP contribution in [-0.2, 0) is 9.53 Å². The van der Waals surface area contributed by atoms with Crippen LogP contribution < -0.4 is 5.73 Å². The molecule has 3 atom stereocenters. The van der Waals surface area contributed by atoms with Gasteiger partial charge in [0.15, 0.2) is 0 Å². The monoisotopic (exact) mass is 296 g/mol. The molecule has 0 spiro atoms. The van der Waals surface area contributed by atoms with Crippen LogP contribution in [0.15, 0.2) is 24.3 Å². The number of morpholine rings is 1. The largest absolute Gasteiger partial charge is 0.369 e. The van der Waals surface area contributed by atoms with Crippen molar-refractivity contribution in [2.24, 2.45) is 5.73 Å². The topological polar surface area (TPSA) is 55.6 Å². The molecule has 0 bridgehead atoms. The Kier molecular flexibility index (Phi) is 5.02. The summed E-state index contributed by atoms with van der Waals surface area (Å²) >= 11 is 6.20. The van der Waals surface area contributed by atoms with Crippen LogP contribution in [0.5, 0.6) is 0 Å². The molecule has 0 radical (unpaired) electrons. The van der Waals surface area contributed by atoms with Crippen molar-refractivity contribution in [3.8, 4) is 0 Å². The van der Waals surface area contributed by atoms with E-state index in [0.717, 1.165) is 5.56 Å². The molecule has 1 aliphatic rings. The van der Waals surface area contributed by atoms with Gasteiger partial charge in [-0.3, -0.25) is 4.79 Å². The SMILES string of the molecule is CC[C@H](N)C(=O)N1C[C@@H](c2ccccc2Cl)OC[C@@H]1C. The van der Waals surface area contributed by atoms with Crippen molar-refractivity contribution in [1.82, 2.24) is 4.90 Å². The van der Waals surface area contributed by atoms with Gasteiger partial charge in [0.2, 0.25) is 5.91 Å². The molecule has 2 rings (SSSR count). The van der Waals surface area contributed by atoms with Gasteiger partial charge in [-0.05, 0) is 19.4 Å². The van der Waals surface area contributed by atoms with E-state index in [9.17, 15) is 4.79 Å². The predicted octanol–water partition coefficient (Wildman–Crippen LogP) is 2.37. The number of nitrogens with two attached hydrogens (primary N) is 1. The highest BCUT2D eigenvalue weighted by molar-refractivity contribution is 6.31. The Morgan fingerprint density at radius 1 is 1.55 bits per heavy atom. The summed E-state index contributed by atoms with van der Waals surface area (Å²) in [5.74, 6) is -0.0136. The molecule has 0 aliphatic carbocycles. The quantitative estimate of drug-likeness (QED) is 0.931. The molecule has 5 heteroatoms. The second-order valence-corrected chi connectivity index (χ2v) is 5.61. The van der Waals surface area contributed by atoms with Crippen molar-refractivity contribution in [3.05, 3.63) is 34.9 Å². The molecule has 1 heterocycles. The first-order chi connectivity index (χ1) is 9.54. The number of hydrogen-bond donors (Lipinski definition) is 1. The zero-order valence-corrected chi connectivity index (χ0v) is 12.6. The number of nitrogens with zero attached hydrogens (tertiary/aromatic N) is 1. The van der Waals surface area contributed by atoms with Gasteiger partial charge < -0.3 is 15.4 Å². The van der Waals surface area contributed by atoms with Gasteiger partial charge in [0.05, 0.1) is 25.2 Å². The lowest BCUT2D eigenvalue weighted by molar-refractivity contribution is -0.145. The molecule has 1 fully saturated rings. The lowest BCUT2D eigenvalue weighted by atomic mass is 10.0. The number of amides is 1. The van der Waals surface area contributed by atoms with Crippen molar-refractivity contribution in [2.45, 2.75) is 38.5 Å². The van der Waals surface area contributed by atoms with Crippen LogP contribution in [0, 0.1) is 0 Å². The smallest absolute Gasteiger partial charge is 0.239 e. The second-order valence-electron chi connectivity index (χ2n) is 5.20. The second kappa shape index (κ2) is 6.57. The van der Waals surface area contributed by atoms with Gasteiger partial charge in [-0.15, -0.1) is 0 Å². The Morgan fingerprint density at radius 2 is 2.25 bits per heavy atom. The number of carbonyl (C=O) groups excluding carboxylic acids is 1. The first kappa shape index (κ1) is 15.3. The minimum atomic E-state index is -0.442. The number of hydrogen-bond acceptors (Lipinski definition) is 3. The minimum Gasteiger partial charge on any atom is -0.369 e. The molecule has 1 aromatic rings. The van der Waals surface area contributed by atoms with Crippen LogP contribution in [0.4, 0.5) is 0 Å². The zero-order chi connectivity index (χ0) is 14.7. The van der Waals surface area contributed by atoms with Crippen molar-refractivity contribution in [1.29, 1.82) is 0 Å². The number of ether oxygens (including phenoxy) is 1. The van der Waals surface area contributed by atoms with Crippen molar-refractivity contribution in [2.75, 3.05) is 13.2 Å². The summed E-state index contributed by atoms with van der Waals surface area (Å²) in [7, 11) is 0. The fourth-order valence-electron chi connectivity index (χ4n) is 2.38. The fourth-order valence-corrected chi connectivity index (χ4v) is 2.63. The summed E-state index contributed by atoms with van der Waals surface area (Å²) in [6.45, 7) is 4.89. The maximum atomic E-state index is 12.3. The van der Waals surface area contributed by atoms with Gasteiger partial charge >= 0.3 is 0 Å². The third kappa shape index (κ3) is 3.14. The van der Waals surface area contributed by atoms with Crippen LogP contribution in [0.1, 0.15) is 31.9 Å². The minimum absolute atomic E-state index is 0.0136. The zero-order valence-electron chi connectivity index (χ0n) is 11.9. The van der Waals surface area contributed by atoms with Crippen LogP contribution >= 0.6 is 11.6 Å².